The summed E-state index contributed by atoms with van der Waals surface area (Å²) >= 11 is 6.80. The Morgan fingerprint density at radius 1 is 1.38 bits per heavy atom. The van der Waals surface area contributed by atoms with Crippen LogP contribution in [-0.4, -0.2) is 11.0 Å². The number of rotatable bonds is 3. The molecule has 1 aromatic heterocycles. The Labute approximate surface area is 162 Å². The van der Waals surface area contributed by atoms with Crippen LogP contribution in [0.25, 0.3) is 6.08 Å². The summed E-state index contributed by atoms with van der Waals surface area (Å²) in [5.41, 5.74) is 2.73. The topological polar surface area (TPSA) is 64.9 Å². The van der Waals surface area contributed by atoms with E-state index in [9.17, 15) is 10.1 Å². The molecule has 6 heteroatoms. The average Bonchev–Trinajstić information content (AvgIpc) is 2.96. The van der Waals surface area contributed by atoms with E-state index >= 15 is 0 Å². The summed E-state index contributed by atoms with van der Waals surface area (Å²) < 4.78 is 0. The third-order valence-electron chi connectivity index (χ3n) is 4.31. The number of benzene rings is 1. The van der Waals surface area contributed by atoms with Gasteiger partial charge in [0.15, 0.2) is 5.11 Å². The van der Waals surface area contributed by atoms with Crippen molar-refractivity contribution in [1.29, 1.82) is 5.26 Å². The highest BCUT2D eigenvalue weighted by atomic mass is 32.1. The van der Waals surface area contributed by atoms with E-state index in [1.165, 1.54) is 11.0 Å². The molecule has 26 heavy (non-hydrogen) atoms. The van der Waals surface area contributed by atoms with Crippen LogP contribution in [0.2, 0.25) is 0 Å². The SMILES string of the molecule is C[C@H]1CCc2c(sc(NC(=S)NC(=O)/C=C/c3ccccc3)c2C#N)C1. The van der Waals surface area contributed by atoms with E-state index in [2.05, 4.69) is 23.6 Å². The lowest BCUT2D eigenvalue weighted by Gasteiger charge is -2.17. The van der Waals surface area contributed by atoms with Gasteiger partial charge in [-0.2, -0.15) is 5.26 Å². The molecule has 0 radical (unpaired) electrons. The number of nitrogens with one attached hydrogen (secondary N) is 2. The van der Waals surface area contributed by atoms with Gasteiger partial charge in [0.1, 0.15) is 11.1 Å². The summed E-state index contributed by atoms with van der Waals surface area (Å²) in [6.07, 6.45) is 6.19. The van der Waals surface area contributed by atoms with Crippen LogP contribution in [0, 0.1) is 17.2 Å². The Bertz CT molecular complexity index is 894. The third-order valence-corrected chi connectivity index (χ3v) is 5.69. The Balaban J connectivity index is 1.64. The Kier molecular flexibility index (Phi) is 5.82. The van der Waals surface area contributed by atoms with Crippen molar-refractivity contribution in [3.63, 3.8) is 0 Å². The van der Waals surface area contributed by atoms with Gasteiger partial charge in [0.25, 0.3) is 0 Å². The van der Waals surface area contributed by atoms with E-state index in [1.807, 2.05) is 30.3 Å². The van der Waals surface area contributed by atoms with Crippen molar-refractivity contribution in [3.8, 4) is 6.07 Å². The Morgan fingerprint density at radius 2 is 2.15 bits per heavy atom. The molecule has 0 saturated heterocycles. The van der Waals surface area contributed by atoms with Gasteiger partial charge in [-0.15, -0.1) is 11.3 Å². The van der Waals surface area contributed by atoms with Gasteiger partial charge in [-0.05, 0) is 54.6 Å². The number of nitrogens with zero attached hydrogens (tertiary/aromatic N) is 1. The van der Waals surface area contributed by atoms with E-state index in [1.54, 1.807) is 17.4 Å². The van der Waals surface area contributed by atoms with Crippen LogP contribution < -0.4 is 10.6 Å². The molecule has 1 atom stereocenters. The maximum absolute atomic E-state index is 12.0. The molecule has 1 aliphatic carbocycles. The number of hydrogen-bond acceptors (Lipinski definition) is 4. The normalized spacial score (nSPS) is 15.9. The van der Waals surface area contributed by atoms with Gasteiger partial charge in [-0.1, -0.05) is 37.3 Å². The molecule has 0 aliphatic heterocycles. The molecule has 0 bridgehead atoms. The summed E-state index contributed by atoms with van der Waals surface area (Å²) in [4.78, 5) is 13.3. The van der Waals surface area contributed by atoms with Gasteiger partial charge in [0.05, 0.1) is 5.56 Å². The summed E-state index contributed by atoms with van der Waals surface area (Å²) in [6.45, 7) is 2.23. The number of anilines is 1. The molecule has 1 amide bonds. The van der Waals surface area contributed by atoms with E-state index in [0.29, 0.717) is 11.5 Å². The summed E-state index contributed by atoms with van der Waals surface area (Å²) in [5, 5.41) is 16.1. The smallest absolute Gasteiger partial charge is 0.250 e. The molecule has 132 valence electrons. The first-order valence-electron chi connectivity index (χ1n) is 8.46. The zero-order valence-electron chi connectivity index (χ0n) is 14.4. The van der Waals surface area contributed by atoms with Crippen LogP contribution in [0.4, 0.5) is 5.00 Å². The molecule has 3 rings (SSSR count). The van der Waals surface area contributed by atoms with E-state index in [-0.39, 0.29) is 11.0 Å². The predicted octanol–water partition coefficient (Wildman–Crippen LogP) is 4.27. The second-order valence-electron chi connectivity index (χ2n) is 6.36. The first-order chi connectivity index (χ1) is 12.6. The standard InChI is InChI=1S/C20H19N3OS2/c1-13-7-9-15-16(12-21)19(26-17(15)11-13)23-20(25)22-18(24)10-8-14-5-3-2-4-6-14/h2-6,8,10,13H,7,9,11H2,1H3,(H2,22,23,24,25)/b10-8+/t13-/m0/s1. The molecule has 0 saturated carbocycles. The Hall–Kier alpha value is -2.49. The van der Waals surface area contributed by atoms with E-state index < -0.39 is 0 Å². The number of carbonyl (C=O) groups excluding carboxylic acids is 1. The lowest BCUT2D eigenvalue weighted by atomic mass is 9.89. The second-order valence-corrected chi connectivity index (χ2v) is 7.87. The second kappa shape index (κ2) is 8.26. The highest BCUT2D eigenvalue weighted by Gasteiger charge is 2.24. The van der Waals surface area contributed by atoms with Crippen molar-refractivity contribution in [1.82, 2.24) is 5.32 Å². The molecule has 1 heterocycles. The summed E-state index contributed by atoms with van der Waals surface area (Å²) in [7, 11) is 0. The maximum atomic E-state index is 12.0. The van der Waals surface area contributed by atoms with Crippen molar-refractivity contribution in [2.24, 2.45) is 5.92 Å². The lowest BCUT2D eigenvalue weighted by molar-refractivity contribution is -0.115. The minimum Gasteiger partial charge on any atom is -0.323 e. The first kappa shape index (κ1) is 18.3. The van der Waals surface area contributed by atoms with Gasteiger partial charge in [0, 0.05) is 11.0 Å². The van der Waals surface area contributed by atoms with Crippen LogP contribution in [0.3, 0.4) is 0 Å². The van der Waals surface area contributed by atoms with Crippen molar-refractivity contribution < 1.29 is 4.79 Å². The van der Waals surface area contributed by atoms with Gasteiger partial charge in [-0.3, -0.25) is 10.1 Å². The minimum absolute atomic E-state index is 0.204. The number of fused-ring (bicyclic) bond motifs is 1. The van der Waals surface area contributed by atoms with Crippen molar-refractivity contribution in [2.75, 3.05) is 5.32 Å². The summed E-state index contributed by atoms with van der Waals surface area (Å²) in [5.74, 6) is 0.329. The van der Waals surface area contributed by atoms with Crippen molar-refractivity contribution in [3.05, 3.63) is 58.0 Å². The number of carbonyl (C=O) groups is 1. The number of nitriles is 1. The van der Waals surface area contributed by atoms with Crippen molar-refractivity contribution in [2.45, 2.75) is 26.2 Å². The monoisotopic (exact) mass is 381 g/mol. The molecule has 2 aromatic rings. The molecule has 0 fully saturated rings. The first-order valence-corrected chi connectivity index (χ1v) is 9.69. The highest BCUT2D eigenvalue weighted by molar-refractivity contribution is 7.80. The molecule has 0 spiro atoms. The predicted molar refractivity (Wildman–Crippen MR) is 110 cm³/mol. The fraction of sp³-hybridized carbons (Fsp3) is 0.250. The van der Waals surface area contributed by atoms with E-state index in [4.69, 9.17) is 12.2 Å². The van der Waals surface area contributed by atoms with Crippen LogP contribution in [0.5, 0.6) is 0 Å². The molecular weight excluding hydrogens is 362 g/mol. The largest absolute Gasteiger partial charge is 0.323 e. The fourth-order valence-corrected chi connectivity index (χ4v) is 4.61. The van der Waals surface area contributed by atoms with Crippen LogP contribution in [0.15, 0.2) is 36.4 Å². The number of amides is 1. The lowest BCUT2D eigenvalue weighted by Crippen LogP contribution is -2.32. The van der Waals surface area contributed by atoms with E-state index in [0.717, 1.165) is 35.4 Å². The zero-order chi connectivity index (χ0) is 18.5. The van der Waals surface area contributed by atoms with Crippen LogP contribution >= 0.6 is 23.6 Å². The molecule has 1 aliphatic rings. The Morgan fingerprint density at radius 3 is 2.88 bits per heavy atom. The van der Waals surface area contributed by atoms with Crippen LogP contribution in [-0.2, 0) is 17.6 Å². The zero-order valence-corrected chi connectivity index (χ0v) is 16.0. The van der Waals surface area contributed by atoms with Crippen LogP contribution in [0.1, 0.15) is 34.9 Å². The number of hydrogen-bond donors (Lipinski definition) is 2. The van der Waals surface area contributed by atoms with Crippen molar-refractivity contribution >= 4 is 45.7 Å². The number of thiophene rings is 1. The third kappa shape index (κ3) is 4.37. The van der Waals surface area contributed by atoms with Gasteiger partial charge >= 0.3 is 0 Å². The van der Waals surface area contributed by atoms with Gasteiger partial charge in [-0.25, -0.2) is 0 Å². The molecule has 4 nitrogen and oxygen atoms in total. The van der Waals surface area contributed by atoms with Gasteiger partial charge in [0.2, 0.25) is 5.91 Å². The molecule has 1 aromatic carbocycles. The quantitative estimate of drug-likeness (QED) is 0.615. The molecule has 0 unspecified atom stereocenters. The van der Waals surface area contributed by atoms with Gasteiger partial charge < -0.3 is 5.32 Å². The fourth-order valence-electron chi connectivity index (χ4n) is 2.98. The summed E-state index contributed by atoms with van der Waals surface area (Å²) in [6, 6.07) is 11.9. The number of thiocarbonyl (C=S) groups is 1. The molecular formula is C20H19N3OS2. The molecule has 2 N–H and O–H groups in total. The highest BCUT2D eigenvalue weighted by Crippen LogP contribution is 2.39. The average molecular weight is 382 g/mol. The minimum atomic E-state index is -0.306. The maximum Gasteiger partial charge on any atom is 0.250 e.